The van der Waals surface area contributed by atoms with Crippen molar-refractivity contribution in [1.29, 1.82) is 0 Å². The molecule has 71 valence electrons. The molecule has 0 unspecified atom stereocenters. The minimum atomic E-state index is 1.07. The highest BCUT2D eigenvalue weighted by atomic mass is 14.2. The van der Waals surface area contributed by atoms with E-state index in [4.69, 9.17) is 0 Å². The summed E-state index contributed by atoms with van der Waals surface area (Å²) in [5, 5.41) is 0. The second-order valence-electron chi connectivity index (χ2n) is 4.40. The van der Waals surface area contributed by atoms with Gasteiger partial charge < -0.3 is 0 Å². The zero-order valence-electron chi connectivity index (χ0n) is 8.73. The van der Waals surface area contributed by atoms with Crippen LogP contribution in [-0.2, 0) is 0 Å². The lowest BCUT2D eigenvalue weighted by atomic mass is 9.80. The van der Waals surface area contributed by atoms with Crippen molar-refractivity contribution < 1.29 is 0 Å². The molecule has 1 aliphatic carbocycles. The molecule has 0 atom stereocenters. The molecule has 1 fully saturated rings. The van der Waals surface area contributed by atoms with Gasteiger partial charge in [-0.1, -0.05) is 39.5 Å². The molecule has 0 bridgehead atoms. The van der Waals surface area contributed by atoms with E-state index in [1.165, 1.54) is 51.4 Å². The Balaban J connectivity index is 2.01. The van der Waals surface area contributed by atoms with Crippen LogP contribution in [0.4, 0.5) is 0 Å². The van der Waals surface area contributed by atoms with E-state index in [0.717, 1.165) is 5.92 Å². The predicted octanol–water partition coefficient (Wildman–Crippen LogP) is 4.35. The summed E-state index contributed by atoms with van der Waals surface area (Å²) in [6, 6.07) is 0. The van der Waals surface area contributed by atoms with Crippen molar-refractivity contribution in [2.24, 2.45) is 5.92 Å². The van der Waals surface area contributed by atoms with Gasteiger partial charge in [-0.2, -0.15) is 0 Å². The van der Waals surface area contributed by atoms with E-state index in [1.54, 1.807) is 5.92 Å². The van der Waals surface area contributed by atoms with Crippen LogP contribution in [0.25, 0.3) is 0 Å². The van der Waals surface area contributed by atoms with Crippen LogP contribution < -0.4 is 0 Å². The standard InChI is InChI=1S/C12H23/c1-3-4-5-6-12-9-7-11(2)8-10-12/h12H,3-10H2,1-2H3. The van der Waals surface area contributed by atoms with Gasteiger partial charge in [0.2, 0.25) is 0 Å². The molecule has 0 saturated heterocycles. The smallest absolute Gasteiger partial charge is 0.0272 e. The van der Waals surface area contributed by atoms with Gasteiger partial charge in [-0.25, -0.2) is 0 Å². The molecule has 12 heavy (non-hydrogen) atoms. The largest absolute Gasteiger partial charge is 0.0654 e. The predicted molar refractivity (Wildman–Crippen MR) is 55.0 cm³/mol. The third-order valence-corrected chi connectivity index (χ3v) is 3.17. The summed E-state index contributed by atoms with van der Waals surface area (Å²) in [6.45, 7) is 4.61. The van der Waals surface area contributed by atoms with Crippen molar-refractivity contribution in [2.45, 2.75) is 65.2 Å². The third-order valence-electron chi connectivity index (χ3n) is 3.17. The molecule has 0 spiro atoms. The number of rotatable bonds is 4. The van der Waals surface area contributed by atoms with Crippen LogP contribution in [-0.4, -0.2) is 0 Å². The molecule has 1 saturated carbocycles. The van der Waals surface area contributed by atoms with Gasteiger partial charge in [0, 0.05) is 0 Å². The first-order valence-electron chi connectivity index (χ1n) is 5.64. The Kier molecular flexibility index (Phi) is 4.72. The molecule has 0 heterocycles. The van der Waals surface area contributed by atoms with Crippen LogP contribution in [0, 0.1) is 11.8 Å². The molecule has 0 amide bonds. The van der Waals surface area contributed by atoms with E-state index >= 15 is 0 Å². The van der Waals surface area contributed by atoms with Crippen molar-refractivity contribution in [3.8, 4) is 0 Å². The molecule has 0 heteroatoms. The van der Waals surface area contributed by atoms with E-state index in [0.29, 0.717) is 0 Å². The topological polar surface area (TPSA) is 0 Å². The average molecular weight is 167 g/mol. The lowest BCUT2D eigenvalue weighted by Crippen LogP contribution is -2.10. The lowest BCUT2D eigenvalue weighted by molar-refractivity contribution is 0.347. The van der Waals surface area contributed by atoms with Crippen molar-refractivity contribution in [3.05, 3.63) is 5.92 Å². The number of hydrogen-bond acceptors (Lipinski definition) is 0. The van der Waals surface area contributed by atoms with Crippen LogP contribution in [0.3, 0.4) is 0 Å². The summed E-state index contributed by atoms with van der Waals surface area (Å²) in [5.41, 5.74) is 0. The fraction of sp³-hybridized carbons (Fsp3) is 0.917. The molecular formula is C12H23. The van der Waals surface area contributed by atoms with Gasteiger partial charge in [0.15, 0.2) is 0 Å². The molecule has 1 rings (SSSR count). The Labute approximate surface area is 77.7 Å². The molecule has 0 aliphatic heterocycles. The molecule has 0 N–H and O–H groups in total. The van der Waals surface area contributed by atoms with Crippen molar-refractivity contribution >= 4 is 0 Å². The summed E-state index contributed by atoms with van der Waals surface area (Å²) < 4.78 is 0. The summed E-state index contributed by atoms with van der Waals surface area (Å²) in [7, 11) is 0. The first-order chi connectivity index (χ1) is 5.83. The fourth-order valence-corrected chi connectivity index (χ4v) is 2.14. The van der Waals surface area contributed by atoms with Gasteiger partial charge in [-0.05, 0) is 37.5 Å². The molecule has 0 aromatic rings. The zero-order valence-corrected chi connectivity index (χ0v) is 8.73. The molecule has 0 nitrogen and oxygen atoms in total. The van der Waals surface area contributed by atoms with Crippen LogP contribution in [0.5, 0.6) is 0 Å². The summed E-state index contributed by atoms with van der Waals surface area (Å²) >= 11 is 0. The van der Waals surface area contributed by atoms with Gasteiger partial charge in [-0.3, -0.25) is 0 Å². The van der Waals surface area contributed by atoms with Gasteiger partial charge in [0.05, 0.1) is 0 Å². The van der Waals surface area contributed by atoms with E-state index in [-0.39, 0.29) is 0 Å². The summed E-state index contributed by atoms with van der Waals surface area (Å²) in [6.07, 6.45) is 11.6. The maximum Gasteiger partial charge on any atom is -0.0272 e. The van der Waals surface area contributed by atoms with Gasteiger partial charge in [0.25, 0.3) is 0 Å². The Morgan fingerprint density at radius 3 is 2.42 bits per heavy atom. The van der Waals surface area contributed by atoms with Crippen LogP contribution in [0.1, 0.15) is 65.2 Å². The molecular weight excluding hydrogens is 144 g/mol. The highest BCUT2D eigenvalue weighted by molar-refractivity contribution is 4.89. The zero-order chi connectivity index (χ0) is 8.81. The molecule has 0 aromatic heterocycles. The minimum Gasteiger partial charge on any atom is -0.0654 e. The normalized spacial score (nSPS) is 21.5. The van der Waals surface area contributed by atoms with E-state index in [9.17, 15) is 0 Å². The third kappa shape index (κ3) is 3.60. The molecule has 1 radical (unpaired) electrons. The van der Waals surface area contributed by atoms with Crippen LogP contribution >= 0.6 is 0 Å². The summed E-state index contributed by atoms with van der Waals surface area (Å²) in [4.78, 5) is 0. The highest BCUT2D eigenvalue weighted by Crippen LogP contribution is 2.32. The second kappa shape index (κ2) is 5.61. The molecule has 1 aliphatic rings. The quantitative estimate of drug-likeness (QED) is 0.546. The van der Waals surface area contributed by atoms with Crippen LogP contribution in [0.2, 0.25) is 0 Å². The van der Waals surface area contributed by atoms with Crippen LogP contribution in [0.15, 0.2) is 0 Å². The Bertz CT molecular complexity index is 98.6. The Hall–Kier alpha value is 0. The van der Waals surface area contributed by atoms with Crippen molar-refractivity contribution in [3.63, 3.8) is 0 Å². The number of hydrogen-bond donors (Lipinski definition) is 0. The summed E-state index contributed by atoms with van der Waals surface area (Å²) in [5.74, 6) is 2.81. The van der Waals surface area contributed by atoms with Gasteiger partial charge >= 0.3 is 0 Å². The Morgan fingerprint density at radius 1 is 1.17 bits per heavy atom. The second-order valence-corrected chi connectivity index (χ2v) is 4.40. The first kappa shape index (κ1) is 10.1. The fourth-order valence-electron chi connectivity index (χ4n) is 2.14. The lowest BCUT2D eigenvalue weighted by Gasteiger charge is -2.25. The van der Waals surface area contributed by atoms with Gasteiger partial charge in [-0.15, -0.1) is 0 Å². The number of unbranched alkanes of at least 4 members (excludes halogenated alkanes) is 2. The SMILES string of the molecule is CCCCCC1CC[C](C)CC1. The van der Waals surface area contributed by atoms with Crippen molar-refractivity contribution in [2.75, 3.05) is 0 Å². The van der Waals surface area contributed by atoms with E-state index in [2.05, 4.69) is 13.8 Å². The monoisotopic (exact) mass is 167 g/mol. The first-order valence-corrected chi connectivity index (χ1v) is 5.64. The van der Waals surface area contributed by atoms with Crippen molar-refractivity contribution in [1.82, 2.24) is 0 Å². The van der Waals surface area contributed by atoms with E-state index < -0.39 is 0 Å². The van der Waals surface area contributed by atoms with E-state index in [1.807, 2.05) is 0 Å². The van der Waals surface area contributed by atoms with Gasteiger partial charge in [0.1, 0.15) is 0 Å². The highest BCUT2D eigenvalue weighted by Gasteiger charge is 2.17. The minimum absolute atomic E-state index is 1.07. The Morgan fingerprint density at radius 2 is 1.83 bits per heavy atom. The maximum absolute atomic E-state index is 2.32. The maximum atomic E-state index is 2.32. The average Bonchev–Trinajstić information content (AvgIpc) is 2.09. The molecule has 0 aromatic carbocycles.